The molecule has 3 aromatic carbocycles. The molecule has 0 saturated heterocycles. The summed E-state index contributed by atoms with van der Waals surface area (Å²) in [5.74, 6) is -0.425. The minimum Gasteiger partial charge on any atom is -0.354 e. The molecule has 0 atom stereocenters. The van der Waals surface area contributed by atoms with Gasteiger partial charge in [0.25, 0.3) is 11.8 Å². The van der Waals surface area contributed by atoms with Gasteiger partial charge in [-0.15, -0.1) is 0 Å². The first-order valence-electron chi connectivity index (χ1n) is 13.6. The van der Waals surface area contributed by atoms with Crippen LogP contribution in [-0.4, -0.2) is 68.4 Å². The van der Waals surface area contributed by atoms with E-state index in [1.54, 1.807) is 12.1 Å². The largest absolute Gasteiger partial charge is 0.354 e. The van der Waals surface area contributed by atoms with E-state index in [1.807, 2.05) is 93.5 Å². The number of likely N-dealkylation sites (N-methyl/N-ethyl adjacent to an activating group) is 2. The van der Waals surface area contributed by atoms with Gasteiger partial charge in [0, 0.05) is 43.5 Å². The average Bonchev–Trinajstić information content (AvgIpc) is 3.26. The van der Waals surface area contributed by atoms with Crippen LogP contribution in [0.25, 0.3) is 11.3 Å². The van der Waals surface area contributed by atoms with E-state index in [0.29, 0.717) is 41.2 Å². The first-order chi connectivity index (χ1) is 19.3. The summed E-state index contributed by atoms with van der Waals surface area (Å²) in [6, 6.07) is 22.1. The van der Waals surface area contributed by atoms with Gasteiger partial charge in [-0.1, -0.05) is 49.4 Å². The summed E-state index contributed by atoms with van der Waals surface area (Å²) in [6.45, 7) is 6.07. The summed E-state index contributed by atoms with van der Waals surface area (Å²) in [4.78, 5) is 44.8. The molecule has 0 spiro atoms. The van der Waals surface area contributed by atoms with Crippen LogP contribution in [0.1, 0.15) is 40.9 Å². The molecule has 0 unspecified atom stereocenters. The fraction of sp³-hybridized carbons (Fsp3) is 0.281. The smallest absolute Gasteiger partial charge is 0.328 e. The van der Waals surface area contributed by atoms with Crippen molar-refractivity contribution in [2.45, 2.75) is 20.3 Å². The van der Waals surface area contributed by atoms with Crippen molar-refractivity contribution in [3.63, 3.8) is 0 Å². The van der Waals surface area contributed by atoms with Crippen LogP contribution >= 0.6 is 0 Å². The van der Waals surface area contributed by atoms with Gasteiger partial charge in [-0.3, -0.25) is 9.59 Å². The lowest BCUT2D eigenvalue weighted by atomic mass is 9.98. The van der Waals surface area contributed by atoms with Crippen molar-refractivity contribution in [2.24, 2.45) is 0 Å². The molecule has 40 heavy (non-hydrogen) atoms. The lowest BCUT2D eigenvalue weighted by Crippen LogP contribution is -2.40. The van der Waals surface area contributed by atoms with Gasteiger partial charge in [0.2, 0.25) is 0 Å². The van der Waals surface area contributed by atoms with Crippen molar-refractivity contribution in [2.75, 3.05) is 51.0 Å². The number of carbonyl (C=O) groups excluding carboxylic acids is 3. The van der Waals surface area contributed by atoms with Crippen LogP contribution in [0.5, 0.6) is 0 Å². The predicted octanol–water partition coefficient (Wildman–Crippen LogP) is 4.94. The molecule has 2 N–H and O–H groups in total. The highest BCUT2D eigenvalue weighted by Crippen LogP contribution is 2.42. The van der Waals surface area contributed by atoms with E-state index in [2.05, 4.69) is 15.5 Å². The maximum Gasteiger partial charge on any atom is 0.328 e. The second-order valence-corrected chi connectivity index (χ2v) is 9.91. The Labute approximate surface area is 236 Å². The lowest BCUT2D eigenvalue weighted by molar-refractivity contribution is -0.112. The van der Waals surface area contributed by atoms with Crippen LogP contribution in [0.2, 0.25) is 0 Å². The SMILES string of the molecule is CCc1ccc2c(c1)N(C(=O)NC)C(=O)C2=C(Nc1ccc(C(=O)N(CC)CCN(C)C)cc1)c1ccccc1. The summed E-state index contributed by atoms with van der Waals surface area (Å²) in [5, 5.41) is 6.03. The molecule has 8 heteroatoms. The number of aryl methyl sites for hydroxylation is 1. The van der Waals surface area contributed by atoms with Gasteiger partial charge in [-0.2, -0.15) is 0 Å². The molecule has 3 aromatic rings. The zero-order valence-electron chi connectivity index (χ0n) is 23.8. The second kappa shape index (κ2) is 12.6. The molecule has 4 rings (SSSR count). The van der Waals surface area contributed by atoms with Crippen molar-refractivity contribution < 1.29 is 14.4 Å². The van der Waals surface area contributed by atoms with Crippen molar-refractivity contribution >= 4 is 40.5 Å². The quantitative estimate of drug-likeness (QED) is 0.377. The highest BCUT2D eigenvalue weighted by Gasteiger charge is 2.39. The third-order valence-electron chi connectivity index (χ3n) is 7.01. The second-order valence-electron chi connectivity index (χ2n) is 9.91. The number of nitrogens with zero attached hydrogens (tertiary/aromatic N) is 3. The van der Waals surface area contributed by atoms with Gasteiger partial charge in [-0.25, -0.2) is 9.69 Å². The van der Waals surface area contributed by atoms with E-state index in [0.717, 1.165) is 29.8 Å². The first-order valence-corrected chi connectivity index (χ1v) is 13.6. The van der Waals surface area contributed by atoms with E-state index in [-0.39, 0.29) is 5.91 Å². The Kier molecular flexibility index (Phi) is 9.01. The molecule has 1 aliphatic rings. The summed E-state index contributed by atoms with van der Waals surface area (Å²) < 4.78 is 0. The van der Waals surface area contributed by atoms with E-state index in [9.17, 15) is 14.4 Å². The number of rotatable bonds is 9. The van der Waals surface area contributed by atoms with Crippen LogP contribution in [-0.2, 0) is 11.2 Å². The first kappa shape index (κ1) is 28.6. The normalized spacial score (nSPS) is 13.8. The molecule has 1 heterocycles. The van der Waals surface area contributed by atoms with E-state index < -0.39 is 11.9 Å². The van der Waals surface area contributed by atoms with Crippen LogP contribution in [0.3, 0.4) is 0 Å². The molecule has 0 aliphatic carbocycles. The van der Waals surface area contributed by atoms with Crippen molar-refractivity contribution in [1.82, 2.24) is 15.1 Å². The third kappa shape index (κ3) is 5.92. The zero-order chi connectivity index (χ0) is 28.8. The average molecular weight is 540 g/mol. The zero-order valence-corrected chi connectivity index (χ0v) is 23.8. The molecule has 0 radical (unpaired) electrons. The number of fused-ring (bicyclic) bond motifs is 1. The molecule has 8 nitrogen and oxygen atoms in total. The van der Waals surface area contributed by atoms with Gasteiger partial charge in [0.15, 0.2) is 0 Å². The minimum absolute atomic E-state index is 0.0228. The summed E-state index contributed by atoms with van der Waals surface area (Å²) >= 11 is 0. The maximum absolute atomic E-state index is 13.8. The van der Waals surface area contributed by atoms with Gasteiger partial charge < -0.3 is 20.4 Å². The van der Waals surface area contributed by atoms with Gasteiger partial charge >= 0.3 is 6.03 Å². The van der Waals surface area contributed by atoms with Crippen LogP contribution in [0.15, 0.2) is 72.8 Å². The standard InChI is InChI=1S/C32H37N5O3/c1-6-22-13-18-26-27(21-22)37(32(40)33-3)31(39)28(26)29(23-11-9-8-10-12-23)34-25-16-14-24(15-17-25)30(38)36(7-2)20-19-35(4)5/h8-18,21,34H,6-7,19-20H2,1-5H3,(H,33,40). The number of anilines is 2. The summed E-state index contributed by atoms with van der Waals surface area (Å²) in [5.41, 5.74) is 5.39. The Hall–Kier alpha value is -4.43. The molecule has 1 aliphatic heterocycles. The maximum atomic E-state index is 13.8. The van der Waals surface area contributed by atoms with Gasteiger partial charge in [0.05, 0.1) is 17.0 Å². The number of carbonyl (C=O) groups is 3. The lowest BCUT2D eigenvalue weighted by Gasteiger charge is -2.23. The van der Waals surface area contributed by atoms with E-state index in [4.69, 9.17) is 0 Å². The summed E-state index contributed by atoms with van der Waals surface area (Å²) in [7, 11) is 5.49. The molecule has 4 amide bonds. The number of benzene rings is 3. The Morgan fingerprint density at radius 2 is 1.57 bits per heavy atom. The number of hydrogen-bond donors (Lipinski definition) is 2. The fourth-order valence-electron chi connectivity index (χ4n) is 4.72. The monoisotopic (exact) mass is 539 g/mol. The minimum atomic E-state index is -0.487. The number of nitrogens with one attached hydrogen (secondary N) is 2. The highest BCUT2D eigenvalue weighted by molar-refractivity contribution is 6.43. The molecule has 0 bridgehead atoms. The fourth-order valence-corrected chi connectivity index (χ4v) is 4.72. The highest BCUT2D eigenvalue weighted by atomic mass is 16.2. The molecule has 0 saturated carbocycles. The predicted molar refractivity (Wildman–Crippen MR) is 161 cm³/mol. The Morgan fingerprint density at radius 1 is 0.875 bits per heavy atom. The Bertz CT molecular complexity index is 1410. The van der Waals surface area contributed by atoms with E-state index in [1.165, 1.54) is 11.9 Å². The van der Waals surface area contributed by atoms with Gasteiger partial charge in [-0.05, 0) is 68.9 Å². The van der Waals surface area contributed by atoms with Crippen molar-refractivity contribution in [1.29, 1.82) is 0 Å². The molecule has 0 aromatic heterocycles. The van der Waals surface area contributed by atoms with E-state index >= 15 is 0 Å². The van der Waals surface area contributed by atoms with Gasteiger partial charge in [0.1, 0.15) is 0 Å². The third-order valence-corrected chi connectivity index (χ3v) is 7.01. The Morgan fingerprint density at radius 3 is 2.17 bits per heavy atom. The number of hydrogen-bond acceptors (Lipinski definition) is 5. The van der Waals surface area contributed by atoms with Crippen LogP contribution in [0.4, 0.5) is 16.2 Å². The molecular weight excluding hydrogens is 502 g/mol. The van der Waals surface area contributed by atoms with Crippen molar-refractivity contribution in [3.05, 3.63) is 95.1 Å². The van der Waals surface area contributed by atoms with Crippen molar-refractivity contribution in [3.8, 4) is 0 Å². The molecule has 0 fully saturated rings. The topological polar surface area (TPSA) is 85.0 Å². The summed E-state index contributed by atoms with van der Waals surface area (Å²) in [6.07, 6.45) is 0.779. The van der Waals surface area contributed by atoms with Crippen LogP contribution in [0, 0.1) is 0 Å². The number of imide groups is 1. The number of urea groups is 1. The molecule has 208 valence electrons. The Balaban J connectivity index is 1.75. The van der Waals surface area contributed by atoms with Crippen LogP contribution < -0.4 is 15.5 Å². The molecular formula is C32H37N5O3. The number of amides is 4.